The van der Waals surface area contributed by atoms with E-state index in [4.69, 9.17) is 0 Å². The standard InChI is InChI=1S/C15H14BrF2N/c1-9-6-7-11(16)10(8-9)15(19-2)14-12(17)4-3-5-13(14)18/h3-8,15,19H,1-2H3. The molecule has 0 radical (unpaired) electrons. The second-order valence-corrected chi connectivity index (χ2v) is 5.24. The smallest absolute Gasteiger partial charge is 0.131 e. The van der Waals surface area contributed by atoms with Gasteiger partial charge in [-0.1, -0.05) is 39.7 Å². The van der Waals surface area contributed by atoms with Crippen LogP contribution in [0.5, 0.6) is 0 Å². The molecule has 1 N–H and O–H groups in total. The molecule has 100 valence electrons. The summed E-state index contributed by atoms with van der Waals surface area (Å²) in [5, 5.41) is 2.97. The van der Waals surface area contributed by atoms with Crippen molar-refractivity contribution in [2.75, 3.05) is 7.05 Å². The van der Waals surface area contributed by atoms with Crippen LogP contribution in [0.2, 0.25) is 0 Å². The number of nitrogens with one attached hydrogen (secondary N) is 1. The van der Waals surface area contributed by atoms with E-state index in [9.17, 15) is 8.78 Å². The van der Waals surface area contributed by atoms with Crippen molar-refractivity contribution in [2.24, 2.45) is 0 Å². The van der Waals surface area contributed by atoms with Crippen molar-refractivity contribution >= 4 is 15.9 Å². The molecule has 0 saturated heterocycles. The van der Waals surface area contributed by atoms with Crippen LogP contribution in [0.3, 0.4) is 0 Å². The summed E-state index contributed by atoms with van der Waals surface area (Å²) < 4.78 is 28.6. The molecule has 0 amide bonds. The van der Waals surface area contributed by atoms with Gasteiger partial charge in [0, 0.05) is 10.0 Å². The van der Waals surface area contributed by atoms with Gasteiger partial charge in [0.05, 0.1) is 6.04 Å². The van der Waals surface area contributed by atoms with Crippen LogP contribution in [0, 0.1) is 18.6 Å². The first-order valence-corrected chi connectivity index (χ1v) is 6.71. The molecule has 0 saturated carbocycles. The lowest BCUT2D eigenvalue weighted by Gasteiger charge is -2.20. The molecule has 2 aromatic rings. The van der Waals surface area contributed by atoms with Crippen LogP contribution in [-0.2, 0) is 0 Å². The highest BCUT2D eigenvalue weighted by atomic mass is 79.9. The van der Waals surface area contributed by atoms with E-state index in [1.807, 2.05) is 25.1 Å². The zero-order valence-electron chi connectivity index (χ0n) is 10.7. The van der Waals surface area contributed by atoms with Gasteiger partial charge in [0.15, 0.2) is 0 Å². The fourth-order valence-electron chi connectivity index (χ4n) is 2.13. The molecule has 1 unspecified atom stereocenters. The minimum absolute atomic E-state index is 0.0382. The van der Waals surface area contributed by atoms with Crippen molar-refractivity contribution in [3.05, 3.63) is 69.2 Å². The molecule has 0 heterocycles. The predicted molar refractivity (Wildman–Crippen MR) is 76.1 cm³/mol. The van der Waals surface area contributed by atoms with Gasteiger partial charge in [0.1, 0.15) is 11.6 Å². The van der Waals surface area contributed by atoms with Crippen LogP contribution in [0.25, 0.3) is 0 Å². The molecule has 0 aliphatic heterocycles. The third-order valence-corrected chi connectivity index (χ3v) is 3.76. The van der Waals surface area contributed by atoms with Crippen molar-refractivity contribution < 1.29 is 8.78 Å². The number of benzene rings is 2. The van der Waals surface area contributed by atoms with Crippen LogP contribution in [0.15, 0.2) is 40.9 Å². The highest BCUT2D eigenvalue weighted by Crippen LogP contribution is 2.32. The Morgan fingerprint density at radius 1 is 1.11 bits per heavy atom. The van der Waals surface area contributed by atoms with Crippen molar-refractivity contribution in [3.63, 3.8) is 0 Å². The van der Waals surface area contributed by atoms with E-state index in [2.05, 4.69) is 21.2 Å². The van der Waals surface area contributed by atoms with Crippen LogP contribution < -0.4 is 5.32 Å². The van der Waals surface area contributed by atoms with Crippen molar-refractivity contribution in [2.45, 2.75) is 13.0 Å². The van der Waals surface area contributed by atoms with E-state index in [-0.39, 0.29) is 5.56 Å². The molecule has 1 nitrogen and oxygen atoms in total. The first kappa shape index (κ1) is 14.2. The van der Waals surface area contributed by atoms with Gasteiger partial charge in [-0.3, -0.25) is 0 Å². The predicted octanol–water partition coefficient (Wildman–Crippen LogP) is 4.34. The zero-order chi connectivity index (χ0) is 14.0. The second-order valence-electron chi connectivity index (χ2n) is 4.38. The normalized spacial score (nSPS) is 12.5. The van der Waals surface area contributed by atoms with Gasteiger partial charge >= 0.3 is 0 Å². The lowest BCUT2D eigenvalue weighted by molar-refractivity contribution is 0.521. The molecule has 19 heavy (non-hydrogen) atoms. The first-order chi connectivity index (χ1) is 9.04. The summed E-state index contributed by atoms with van der Waals surface area (Å²) in [7, 11) is 1.69. The average molecular weight is 326 g/mol. The Kier molecular flexibility index (Phi) is 4.32. The summed E-state index contributed by atoms with van der Waals surface area (Å²) in [5.74, 6) is -1.10. The zero-order valence-corrected chi connectivity index (χ0v) is 12.3. The van der Waals surface area contributed by atoms with Crippen LogP contribution in [-0.4, -0.2) is 7.05 Å². The van der Waals surface area contributed by atoms with Gasteiger partial charge < -0.3 is 5.32 Å². The van der Waals surface area contributed by atoms with Crippen molar-refractivity contribution in [1.82, 2.24) is 5.32 Å². The molecule has 0 aromatic heterocycles. The van der Waals surface area contributed by atoms with Gasteiger partial charge in [-0.05, 0) is 37.7 Å². The van der Waals surface area contributed by atoms with E-state index in [1.54, 1.807) is 7.05 Å². The molecule has 2 aromatic carbocycles. The summed E-state index contributed by atoms with van der Waals surface area (Å²) in [6.07, 6.45) is 0. The van der Waals surface area contributed by atoms with E-state index in [0.29, 0.717) is 0 Å². The minimum Gasteiger partial charge on any atom is -0.309 e. The van der Waals surface area contributed by atoms with Gasteiger partial charge in [-0.2, -0.15) is 0 Å². The Hall–Kier alpha value is -1.26. The molecule has 4 heteroatoms. The Bertz CT molecular complexity index is 578. The van der Waals surface area contributed by atoms with E-state index in [0.717, 1.165) is 15.6 Å². The van der Waals surface area contributed by atoms with Gasteiger partial charge in [-0.25, -0.2) is 8.78 Å². The summed E-state index contributed by atoms with van der Waals surface area (Å²) in [6, 6.07) is 9.11. The highest BCUT2D eigenvalue weighted by Gasteiger charge is 2.22. The first-order valence-electron chi connectivity index (χ1n) is 5.92. The SMILES string of the molecule is CNC(c1cc(C)ccc1Br)c1c(F)cccc1F. The van der Waals surface area contributed by atoms with E-state index < -0.39 is 17.7 Å². The summed E-state index contributed by atoms with van der Waals surface area (Å²) in [5.41, 5.74) is 1.89. The fraction of sp³-hybridized carbons (Fsp3) is 0.200. The highest BCUT2D eigenvalue weighted by molar-refractivity contribution is 9.10. The number of halogens is 3. The number of aryl methyl sites for hydroxylation is 1. The Morgan fingerprint density at radius 2 is 1.74 bits per heavy atom. The van der Waals surface area contributed by atoms with Gasteiger partial charge in [0.2, 0.25) is 0 Å². The van der Waals surface area contributed by atoms with Crippen molar-refractivity contribution in [3.8, 4) is 0 Å². The number of hydrogen-bond acceptors (Lipinski definition) is 1. The Balaban J connectivity index is 2.59. The van der Waals surface area contributed by atoms with Gasteiger partial charge in [-0.15, -0.1) is 0 Å². The molecule has 0 spiro atoms. The third kappa shape index (κ3) is 2.85. The Morgan fingerprint density at radius 3 is 2.32 bits per heavy atom. The molecular weight excluding hydrogens is 312 g/mol. The quantitative estimate of drug-likeness (QED) is 0.884. The maximum atomic E-state index is 13.9. The summed E-state index contributed by atoms with van der Waals surface area (Å²) in [6.45, 7) is 1.94. The number of rotatable bonds is 3. The maximum Gasteiger partial charge on any atom is 0.131 e. The third-order valence-electron chi connectivity index (χ3n) is 3.04. The second kappa shape index (κ2) is 5.80. The lowest BCUT2D eigenvalue weighted by atomic mass is 9.96. The van der Waals surface area contributed by atoms with Crippen LogP contribution in [0.1, 0.15) is 22.7 Å². The largest absolute Gasteiger partial charge is 0.309 e. The van der Waals surface area contributed by atoms with E-state index >= 15 is 0 Å². The molecule has 0 aliphatic rings. The fourth-order valence-corrected chi connectivity index (χ4v) is 2.60. The molecule has 2 rings (SSSR count). The van der Waals surface area contributed by atoms with Crippen LogP contribution in [0.4, 0.5) is 8.78 Å². The van der Waals surface area contributed by atoms with Crippen LogP contribution >= 0.6 is 15.9 Å². The molecular formula is C15H14BrF2N. The number of hydrogen-bond donors (Lipinski definition) is 1. The van der Waals surface area contributed by atoms with Gasteiger partial charge in [0.25, 0.3) is 0 Å². The molecule has 0 bridgehead atoms. The Labute approximate surface area is 119 Å². The topological polar surface area (TPSA) is 12.0 Å². The minimum atomic E-state index is -0.548. The monoisotopic (exact) mass is 325 g/mol. The summed E-state index contributed by atoms with van der Waals surface area (Å²) in [4.78, 5) is 0. The maximum absolute atomic E-state index is 13.9. The lowest BCUT2D eigenvalue weighted by Crippen LogP contribution is -2.21. The van der Waals surface area contributed by atoms with E-state index in [1.165, 1.54) is 18.2 Å². The molecule has 1 atom stereocenters. The van der Waals surface area contributed by atoms with Crippen molar-refractivity contribution in [1.29, 1.82) is 0 Å². The summed E-state index contributed by atoms with van der Waals surface area (Å²) >= 11 is 3.43. The average Bonchev–Trinajstić information content (AvgIpc) is 2.37. The molecule has 0 aliphatic carbocycles. The molecule has 0 fully saturated rings.